The summed E-state index contributed by atoms with van der Waals surface area (Å²) in [5, 5.41) is 7.20. The molecule has 0 aliphatic rings. The van der Waals surface area contributed by atoms with E-state index in [9.17, 15) is 4.79 Å². The zero-order valence-electron chi connectivity index (χ0n) is 11.4. The van der Waals surface area contributed by atoms with Crippen LogP contribution >= 0.6 is 0 Å². The molecule has 0 fully saturated rings. The smallest absolute Gasteiger partial charge is 0.220 e. The van der Waals surface area contributed by atoms with Crippen molar-refractivity contribution in [2.24, 2.45) is 7.05 Å². The third-order valence-corrected chi connectivity index (χ3v) is 3.11. The summed E-state index contributed by atoms with van der Waals surface area (Å²) in [5.74, 6) is 0.0622. The van der Waals surface area contributed by atoms with Crippen molar-refractivity contribution in [3.63, 3.8) is 0 Å². The van der Waals surface area contributed by atoms with Gasteiger partial charge in [-0.3, -0.25) is 9.48 Å². The Morgan fingerprint density at radius 2 is 2.05 bits per heavy atom. The van der Waals surface area contributed by atoms with E-state index in [1.807, 2.05) is 55.1 Å². The third kappa shape index (κ3) is 3.95. The molecule has 0 unspecified atom stereocenters. The van der Waals surface area contributed by atoms with E-state index in [0.717, 1.165) is 17.8 Å². The molecule has 0 saturated heterocycles. The highest BCUT2D eigenvalue weighted by Gasteiger charge is 2.05. The topological polar surface area (TPSA) is 46.9 Å². The maximum atomic E-state index is 11.7. The lowest BCUT2D eigenvalue weighted by molar-refractivity contribution is -0.121. The fourth-order valence-corrected chi connectivity index (χ4v) is 1.90. The quantitative estimate of drug-likeness (QED) is 0.890. The van der Waals surface area contributed by atoms with Gasteiger partial charge < -0.3 is 5.32 Å². The molecule has 0 aliphatic carbocycles. The van der Waals surface area contributed by atoms with Crippen molar-refractivity contribution >= 4 is 5.91 Å². The van der Waals surface area contributed by atoms with Gasteiger partial charge in [-0.25, -0.2) is 0 Å². The molecule has 1 amide bonds. The number of amides is 1. The standard InChI is InChI=1S/C15H19N3O/c1-12-10-14(17-18(12)2)11-16-15(19)9-8-13-6-4-3-5-7-13/h3-7,10H,8-9,11H2,1-2H3,(H,16,19). The largest absolute Gasteiger partial charge is 0.350 e. The van der Waals surface area contributed by atoms with Crippen LogP contribution in [0.15, 0.2) is 36.4 Å². The van der Waals surface area contributed by atoms with Crippen LogP contribution in [-0.4, -0.2) is 15.7 Å². The normalized spacial score (nSPS) is 10.4. The zero-order valence-corrected chi connectivity index (χ0v) is 11.4. The van der Waals surface area contributed by atoms with Gasteiger partial charge in [0.15, 0.2) is 0 Å². The number of benzene rings is 1. The molecule has 2 rings (SSSR count). The molecule has 0 atom stereocenters. The third-order valence-electron chi connectivity index (χ3n) is 3.11. The van der Waals surface area contributed by atoms with Crippen LogP contribution in [0.3, 0.4) is 0 Å². The predicted molar refractivity (Wildman–Crippen MR) is 74.6 cm³/mol. The molecular weight excluding hydrogens is 238 g/mol. The Bertz CT molecular complexity index is 526. The minimum atomic E-state index is 0.0622. The van der Waals surface area contributed by atoms with E-state index in [1.54, 1.807) is 0 Å². The van der Waals surface area contributed by atoms with Crippen LogP contribution in [0, 0.1) is 6.92 Å². The molecule has 100 valence electrons. The first-order chi connectivity index (χ1) is 9.15. The van der Waals surface area contributed by atoms with E-state index in [4.69, 9.17) is 0 Å². The van der Waals surface area contributed by atoms with Crippen molar-refractivity contribution < 1.29 is 4.79 Å². The van der Waals surface area contributed by atoms with E-state index in [1.165, 1.54) is 5.56 Å². The number of nitrogens with one attached hydrogen (secondary N) is 1. The van der Waals surface area contributed by atoms with Gasteiger partial charge in [-0.1, -0.05) is 30.3 Å². The highest BCUT2D eigenvalue weighted by Crippen LogP contribution is 2.03. The fourth-order valence-electron chi connectivity index (χ4n) is 1.90. The number of aryl methyl sites for hydroxylation is 3. The zero-order chi connectivity index (χ0) is 13.7. The van der Waals surface area contributed by atoms with Gasteiger partial charge in [0.25, 0.3) is 0 Å². The second-order valence-electron chi connectivity index (χ2n) is 4.66. The second-order valence-corrected chi connectivity index (χ2v) is 4.66. The Morgan fingerprint density at radius 3 is 2.68 bits per heavy atom. The number of rotatable bonds is 5. The molecule has 0 radical (unpaired) electrons. The van der Waals surface area contributed by atoms with Crippen molar-refractivity contribution in [1.82, 2.24) is 15.1 Å². The Balaban J connectivity index is 1.76. The Morgan fingerprint density at radius 1 is 1.32 bits per heavy atom. The van der Waals surface area contributed by atoms with Gasteiger partial charge in [0, 0.05) is 19.2 Å². The molecule has 1 N–H and O–H groups in total. The Hall–Kier alpha value is -2.10. The van der Waals surface area contributed by atoms with Crippen molar-refractivity contribution in [2.75, 3.05) is 0 Å². The first-order valence-electron chi connectivity index (χ1n) is 6.45. The van der Waals surface area contributed by atoms with E-state index in [-0.39, 0.29) is 5.91 Å². The Kier molecular flexibility index (Phi) is 4.34. The molecule has 1 aromatic carbocycles. The van der Waals surface area contributed by atoms with Crippen LogP contribution < -0.4 is 5.32 Å². The first-order valence-corrected chi connectivity index (χ1v) is 6.45. The Labute approximate surface area is 113 Å². The molecule has 0 spiro atoms. The molecule has 0 saturated carbocycles. The van der Waals surface area contributed by atoms with Gasteiger partial charge in [-0.2, -0.15) is 5.10 Å². The monoisotopic (exact) mass is 257 g/mol. The van der Waals surface area contributed by atoms with E-state index < -0.39 is 0 Å². The van der Waals surface area contributed by atoms with Crippen LogP contribution in [0.5, 0.6) is 0 Å². The number of nitrogens with zero attached hydrogens (tertiary/aromatic N) is 2. The summed E-state index contributed by atoms with van der Waals surface area (Å²) in [6.45, 7) is 2.49. The predicted octanol–water partition coefficient (Wildman–Crippen LogP) is 1.98. The van der Waals surface area contributed by atoms with E-state index in [0.29, 0.717) is 13.0 Å². The van der Waals surface area contributed by atoms with Crippen LogP contribution in [0.4, 0.5) is 0 Å². The molecule has 1 aromatic heterocycles. The van der Waals surface area contributed by atoms with Gasteiger partial charge in [0.2, 0.25) is 5.91 Å². The van der Waals surface area contributed by atoms with Gasteiger partial charge in [0.1, 0.15) is 0 Å². The first kappa shape index (κ1) is 13.3. The lowest BCUT2D eigenvalue weighted by Gasteiger charge is -2.03. The second kappa shape index (κ2) is 6.18. The van der Waals surface area contributed by atoms with Crippen molar-refractivity contribution in [1.29, 1.82) is 0 Å². The van der Waals surface area contributed by atoms with Gasteiger partial charge in [-0.05, 0) is 25.0 Å². The number of carbonyl (C=O) groups is 1. The summed E-state index contributed by atoms with van der Waals surface area (Å²) in [5.41, 5.74) is 3.17. The van der Waals surface area contributed by atoms with Crippen LogP contribution in [0.2, 0.25) is 0 Å². The highest BCUT2D eigenvalue weighted by molar-refractivity contribution is 5.76. The lowest BCUT2D eigenvalue weighted by Crippen LogP contribution is -2.23. The maximum Gasteiger partial charge on any atom is 0.220 e. The summed E-state index contributed by atoms with van der Waals surface area (Å²) < 4.78 is 1.81. The van der Waals surface area contributed by atoms with Gasteiger partial charge >= 0.3 is 0 Å². The number of hydrogen-bond donors (Lipinski definition) is 1. The summed E-state index contributed by atoms with van der Waals surface area (Å²) >= 11 is 0. The molecule has 19 heavy (non-hydrogen) atoms. The van der Waals surface area contributed by atoms with Crippen LogP contribution in [-0.2, 0) is 24.8 Å². The molecule has 2 aromatic rings. The minimum absolute atomic E-state index is 0.0622. The number of carbonyl (C=O) groups excluding carboxylic acids is 1. The SMILES string of the molecule is Cc1cc(CNC(=O)CCc2ccccc2)nn1C. The summed E-state index contributed by atoms with van der Waals surface area (Å²) in [4.78, 5) is 11.7. The molecule has 0 bridgehead atoms. The summed E-state index contributed by atoms with van der Waals surface area (Å²) in [6, 6.07) is 12.0. The van der Waals surface area contributed by atoms with Crippen LogP contribution in [0.25, 0.3) is 0 Å². The van der Waals surface area contributed by atoms with Gasteiger partial charge in [0.05, 0.1) is 12.2 Å². The average Bonchev–Trinajstić information content (AvgIpc) is 2.74. The number of hydrogen-bond acceptors (Lipinski definition) is 2. The highest BCUT2D eigenvalue weighted by atomic mass is 16.1. The fraction of sp³-hybridized carbons (Fsp3) is 0.333. The van der Waals surface area contributed by atoms with Crippen molar-refractivity contribution in [3.05, 3.63) is 53.3 Å². The van der Waals surface area contributed by atoms with E-state index in [2.05, 4.69) is 10.4 Å². The number of aromatic nitrogens is 2. The maximum absolute atomic E-state index is 11.7. The summed E-state index contributed by atoms with van der Waals surface area (Å²) in [7, 11) is 1.90. The van der Waals surface area contributed by atoms with Crippen LogP contribution in [0.1, 0.15) is 23.4 Å². The van der Waals surface area contributed by atoms with E-state index >= 15 is 0 Å². The average molecular weight is 257 g/mol. The molecule has 4 nitrogen and oxygen atoms in total. The van der Waals surface area contributed by atoms with Gasteiger partial charge in [-0.15, -0.1) is 0 Å². The molecular formula is C15H19N3O. The lowest BCUT2D eigenvalue weighted by atomic mass is 10.1. The van der Waals surface area contributed by atoms with Crippen molar-refractivity contribution in [2.45, 2.75) is 26.3 Å². The minimum Gasteiger partial charge on any atom is -0.350 e. The molecule has 1 heterocycles. The molecule has 4 heteroatoms. The van der Waals surface area contributed by atoms with Crippen molar-refractivity contribution in [3.8, 4) is 0 Å². The molecule has 0 aliphatic heterocycles. The summed E-state index contributed by atoms with van der Waals surface area (Å²) in [6.07, 6.45) is 1.28.